The van der Waals surface area contributed by atoms with E-state index in [1.165, 1.54) is 32.4 Å². The number of aromatic amines is 1. The monoisotopic (exact) mass is 440 g/mol. The molecule has 1 aromatic heterocycles. The van der Waals surface area contributed by atoms with E-state index in [9.17, 15) is 9.59 Å². The lowest BCUT2D eigenvalue weighted by Gasteiger charge is -2.31. The van der Waals surface area contributed by atoms with E-state index >= 15 is 0 Å². The zero-order chi connectivity index (χ0) is 22.3. The van der Waals surface area contributed by atoms with E-state index in [1.807, 2.05) is 29.2 Å². The summed E-state index contributed by atoms with van der Waals surface area (Å²) < 4.78 is 5.26. The van der Waals surface area contributed by atoms with Crippen LogP contribution < -0.4 is 10.1 Å². The number of rotatable bonds is 8. The van der Waals surface area contributed by atoms with Crippen LogP contribution in [0.3, 0.4) is 0 Å². The molecule has 2 fully saturated rings. The lowest BCUT2D eigenvalue weighted by molar-refractivity contribution is -0.122. The van der Waals surface area contributed by atoms with Gasteiger partial charge in [0, 0.05) is 43.0 Å². The lowest BCUT2D eigenvalue weighted by atomic mass is 9.93. The molecule has 2 N–H and O–H groups in total. The van der Waals surface area contributed by atoms with Crippen LogP contribution in [0.1, 0.15) is 55.4 Å². The molecular weight excluding hydrogens is 404 g/mol. The second-order valence-electron chi connectivity index (χ2n) is 9.18. The van der Waals surface area contributed by atoms with E-state index in [0.29, 0.717) is 31.1 Å². The normalized spacial score (nSPS) is 18.1. The summed E-state index contributed by atoms with van der Waals surface area (Å²) in [6.07, 6.45) is 7.31. The molecule has 3 heterocycles. The van der Waals surface area contributed by atoms with Crippen molar-refractivity contribution in [3.05, 3.63) is 30.0 Å². The Morgan fingerprint density at radius 1 is 1.09 bits per heavy atom. The number of methoxy groups -OCH3 is 1. The Bertz CT molecular complexity index is 911. The van der Waals surface area contributed by atoms with Crippen molar-refractivity contribution in [2.75, 3.05) is 46.4 Å². The quantitative estimate of drug-likeness (QED) is 0.617. The molecule has 2 aliphatic heterocycles. The highest BCUT2D eigenvalue weighted by Crippen LogP contribution is 2.25. The first-order valence-corrected chi connectivity index (χ1v) is 12.1. The van der Waals surface area contributed by atoms with Gasteiger partial charge >= 0.3 is 0 Å². The number of nitrogens with one attached hydrogen (secondary N) is 2. The van der Waals surface area contributed by atoms with Crippen LogP contribution in [-0.4, -0.2) is 73.0 Å². The van der Waals surface area contributed by atoms with Crippen molar-refractivity contribution in [3.63, 3.8) is 0 Å². The number of likely N-dealkylation sites (tertiary alicyclic amines) is 2. The molecule has 0 unspecified atom stereocenters. The van der Waals surface area contributed by atoms with Crippen LogP contribution in [-0.2, 0) is 4.79 Å². The number of hydrogen-bond donors (Lipinski definition) is 2. The Morgan fingerprint density at radius 3 is 2.62 bits per heavy atom. The first-order valence-electron chi connectivity index (χ1n) is 12.1. The number of benzene rings is 1. The standard InChI is InChI=1S/C25H36N4O3/c1-32-21-7-6-20-17-23(27-22(20)18-21)25(31)29-14-8-19(9-15-29)16-24(30)26-10-5-13-28-11-3-2-4-12-28/h6-7,17-19,27H,2-5,8-16H2,1H3,(H,26,30). The maximum Gasteiger partial charge on any atom is 0.270 e. The van der Waals surface area contributed by atoms with E-state index in [2.05, 4.69) is 15.2 Å². The van der Waals surface area contributed by atoms with Crippen LogP contribution in [0.25, 0.3) is 10.9 Å². The minimum atomic E-state index is 0.0285. The summed E-state index contributed by atoms with van der Waals surface area (Å²) in [6, 6.07) is 7.66. The van der Waals surface area contributed by atoms with Gasteiger partial charge in [-0.1, -0.05) is 6.42 Å². The summed E-state index contributed by atoms with van der Waals surface area (Å²) in [5.74, 6) is 1.30. The molecule has 2 aliphatic rings. The number of carbonyl (C=O) groups is 2. The van der Waals surface area contributed by atoms with Crippen molar-refractivity contribution in [1.29, 1.82) is 0 Å². The van der Waals surface area contributed by atoms with Gasteiger partial charge in [0.25, 0.3) is 5.91 Å². The summed E-state index contributed by atoms with van der Waals surface area (Å²) in [5.41, 5.74) is 1.51. The van der Waals surface area contributed by atoms with E-state index in [1.54, 1.807) is 7.11 Å². The fourth-order valence-corrected chi connectivity index (χ4v) is 4.91. The third-order valence-electron chi connectivity index (χ3n) is 6.86. The molecule has 7 nitrogen and oxygen atoms in total. The molecule has 174 valence electrons. The van der Waals surface area contributed by atoms with Crippen LogP contribution in [0.15, 0.2) is 24.3 Å². The highest BCUT2D eigenvalue weighted by molar-refractivity contribution is 5.98. The van der Waals surface area contributed by atoms with Crippen molar-refractivity contribution in [1.82, 2.24) is 20.1 Å². The van der Waals surface area contributed by atoms with Crippen molar-refractivity contribution >= 4 is 22.7 Å². The Hall–Kier alpha value is -2.54. The lowest BCUT2D eigenvalue weighted by Crippen LogP contribution is -2.40. The average Bonchev–Trinajstić information content (AvgIpc) is 3.26. The smallest absolute Gasteiger partial charge is 0.270 e. The molecule has 7 heteroatoms. The molecular formula is C25H36N4O3. The second-order valence-corrected chi connectivity index (χ2v) is 9.18. The largest absolute Gasteiger partial charge is 0.497 e. The van der Waals surface area contributed by atoms with Gasteiger partial charge < -0.3 is 24.8 Å². The second kappa shape index (κ2) is 10.9. The highest BCUT2D eigenvalue weighted by Gasteiger charge is 2.26. The maximum absolute atomic E-state index is 12.9. The summed E-state index contributed by atoms with van der Waals surface area (Å²) in [4.78, 5) is 32.9. The summed E-state index contributed by atoms with van der Waals surface area (Å²) in [6.45, 7) is 5.66. The van der Waals surface area contributed by atoms with Gasteiger partial charge in [-0.05, 0) is 75.9 Å². The highest BCUT2D eigenvalue weighted by atomic mass is 16.5. The van der Waals surface area contributed by atoms with Crippen LogP contribution in [0.4, 0.5) is 0 Å². The topological polar surface area (TPSA) is 77.7 Å². The van der Waals surface area contributed by atoms with Gasteiger partial charge in [0.1, 0.15) is 11.4 Å². The molecule has 2 amide bonds. The van der Waals surface area contributed by atoms with Crippen molar-refractivity contribution in [3.8, 4) is 5.75 Å². The Balaban J connectivity index is 1.17. The molecule has 0 saturated carbocycles. The van der Waals surface area contributed by atoms with E-state index in [0.717, 1.165) is 49.0 Å². The molecule has 0 radical (unpaired) electrons. The number of amides is 2. The minimum absolute atomic E-state index is 0.0285. The molecule has 4 rings (SSSR count). The van der Waals surface area contributed by atoms with Gasteiger partial charge in [-0.25, -0.2) is 0 Å². The number of H-pyrrole nitrogens is 1. The number of nitrogens with zero attached hydrogens (tertiary/aromatic N) is 2. The molecule has 1 aromatic carbocycles. The molecule has 0 atom stereocenters. The number of carbonyl (C=O) groups excluding carboxylic acids is 2. The Kier molecular flexibility index (Phi) is 7.68. The number of aromatic nitrogens is 1. The predicted octanol–water partition coefficient (Wildman–Crippen LogP) is 3.41. The number of piperidine rings is 2. The van der Waals surface area contributed by atoms with E-state index in [-0.39, 0.29) is 11.8 Å². The zero-order valence-corrected chi connectivity index (χ0v) is 19.2. The summed E-state index contributed by atoms with van der Waals surface area (Å²) in [5, 5.41) is 4.09. The third kappa shape index (κ3) is 5.82. The van der Waals surface area contributed by atoms with Gasteiger partial charge in [0.05, 0.1) is 7.11 Å². The van der Waals surface area contributed by atoms with Gasteiger partial charge in [-0.15, -0.1) is 0 Å². The van der Waals surface area contributed by atoms with Crippen LogP contribution in [0.2, 0.25) is 0 Å². The van der Waals surface area contributed by atoms with Crippen molar-refractivity contribution < 1.29 is 14.3 Å². The summed E-state index contributed by atoms with van der Waals surface area (Å²) in [7, 11) is 1.64. The first-order chi connectivity index (χ1) is 15.6. The fraction of sp³-hybridized carbons (Fsp3) is 0.600. The van der Waals surface area contributed by atoms with Crippen molar-refractivity contribution in [2.24, 2.45) is 5.92 Å². The van der Waals surface area contributed by atoms with Crippen LogP contribution in [0, 0.1) is 5.92 Å². The molecule has 0 bridgehead atoms. The van der Waals surface area contributed by atoms with Crippen molar-refractivity contribution in [2.45, 2.75) is 44.9 Å². The molecule has 0 aliphatic carbocycles. The van der Waals surface area contributed by atoms with Gasteiger partial charge in [-0.2, -0.15) is 0 Å². The van der Waals surface area contributed by atoms with E-state index < -0.39 is 0 Å². The van der Waals surface area contributed by atoms with Gasteiger partial charge in [0.2, 0.25) is 5.91 Å². The van der Waals surface area contributed by atoms with Gasteiger partial charge in [0.15, 0.2) is 0 Å². The maximum atomic E-state index is 12.9. The van der Waals surface area contributed by atoms with E-state index in [4.69, 9.17) is 4.74 Å². The summed E-state index contributed by atoms with van der Waals surface area (Å²) >= 11 is 0. The average molecular weight is 441 g/mol. The zero-order valence-electron chi connectivity index (χ0n) is 19.2. The molecule has 2 saturated heterocycles. The first kappa shape index (κ1) is 22.6. The molecule has 32 heavy (non-hydrogen) atoms. The SMILES string of the molecule is COc1ccc2cc(C(=O)N3CCC(CC(=O)NCCCN4CCCCC4)CC3)[nH]c2c1. The predicted molar refractivity (Wildman–Crippen MR) is 126 cm³/mol. The fourth-order valence-electron chi connectivity index (χ4n) is 4.91. The van der Waals surface area contributed by atoms with Crippen LogP contribution in [0.5, 0.6) is 5.75 Å². The number of fused-ring (bicyclic) bond motifs is 1. The van der Waals surface area contributed by atoms with Crippen LogP contribution >= 0.6 is 0 Å². The third-order valence-corrected chi connectivity index (χ3v) is 6.86. The Labute approximate surface area is 190 Å². The number of ether oxygens (including phenoxy) is 1. The minimum Gasteiger partial charge on any atom is -0.497 e. The number of hydrogen-bond acceptors (Lipinski definition) is 4. The van der Waals surface area contributed by atoms with Gasteiger partial charge in [-0.3, -0.25) is 9.59 Å². The molecule has 0 spiro atoms. The molecule has 2 aromatic rings. The Morgan fingerprint density at radius 2 is 1.88 bits per heavy atom.